The van der Waals surface area contributed by atoms with Gasteiger partial charge in [-0.3, -0.25) is 0 Å². The third-order valence-electron chi connectivity index (χ3n) is 3.71. The molecule has 0 atom stereocenters. The average molecular weight is 258 g/mol. The van der Waals surface area contributed by atoms with Crippen molar-refractivity contribution in [1.82, 2.24) is 9.97 Å². The van der Waals surface area contributed by atoms with Crippen molar-refractivity contribution in [2.45, 2.75) is 6.92 Å². The first-order valence-corrected chi connectivity index (χ1v) is 6.75. The first-order valence-electron chi connectivity index (χ1n) is 6.75. The van der Waals surface area contributed by atoms with Crippen molar-refractivity contribution >= 4 is 21.8 Å². The van der Waals surface area contributed by atoms with Crippen LogP contribution in [0, 0.1) is 6.92 Å². The lowest BCUT2D eigenvalue weighted by Crippen LogP contribution is -1.84. The number of hydrogen-bond donors (Lipinski definition) is 1. The van der Waals surface area contributed by atoms with Gasteiger partial charge < -0.3 is 4.98 Å². The van der Waals surface area contributed by atoms with Crippen LogP contribution in [0.1, 0.15) is 5.56 Å². The van der Waals surface area contributed by atoms with Gasteiger partial charge in [0, 0.05) is 28.0 Å². The Balaban J connectivity index is 1.96. The molecule has 2 heterocycles. The first-order chi connectivity index (χ1) is 9.81. The number of benzene rings is 2. The monoisotopic (exact) mass is 258 g/mol. The normalized spacial score (nSPS) is 11.2. The van der Waals surface area contributed by atoms with Gasteiger partial charge >= 0.3 is 0 Å². The van der Waals surface area contributed by atoms with E-state index in [4.69, 9.17) is 4.98 Å². The van der Waals surface area contributed by atoms with Crippen LogP contribution in [0.5, 0.6) is 0 Å². The number of nitrogens with one attached hydrogen (secondary N) is 1. The van der Waals surface area contributed by atoms with Gasteiger partial charge in [-0.15, -0.1) is 0 Å². The highest BCUT2D eigenvalue weighted by atomic mass is 14.7. The van der Waals surface area contributed by atoms with E-state index in [-0.39, 0.29) is 0 Å². The molecule has 0 spiro atoms. The molecule has 0 radical (unpaired) electrons. The molecule has 96 valence electrons. The van der Waals surface area contributed by atoms with E-state index in [0.717, 1.165) is 22.3 Å². The van der Waals surface area contributed by atoms with Crippen molar-refractivity contribution in [3.8, 4) is 11.3 Å². The maximum absolute atomic E-state index is 4.77. The lowest BCUT2D eigenvalue weighted by Gasteiger charge is -2.02. The van der Waals surface area contributed by atoms with Crippen LogP contribution in [0.2, 0.25) is 0 Å². The van der Waals surface area contributed by atoms with Crippen LogP contribution in [-0.4, -0.2) is 9.97 Å². The summed E-state index contributed by atoms with van der Waals surface area (Å²) in [4.78, 5) is 8.11. The Labute approximate surface area is 117 Å². The Hall–Kier alpha value is -2.61. The van der Waals surface area contributed by atoms with E-state index >= 15 is 0 Å². The average Bonchev–Trinajstić information content (AvgIpc) is 2.89. The van der Waals surface area contributed by atoms with Crippen LogP contribution in [0.15, 0.2) is 60.8 Å². The van der Waals surface area contributed by atoms with Gasteiger partial charge in [0.2, 0.25) is 0 Å². The second-order valence-corrected chi connectivity index (χ2v) is 5.14. The molecule has 1 N–H and O–H groups in total. The lowest BCUT2D eigenvalue weighted by atomic mass is 10.1. The maximum atomic E-state index is 4.77. The molecule has 4 rings (SSSR count). The minimum atomic E-state index is 1.01. The molecular formula is C18H14N2. The highest BCUT2D eigenvalue weighted by Gasteiger charge is 2.07. The predicted octanol–water partition coefficient (Wildman–Crippen LogP) is 4.69. The molecule has 0 fully saturated rings. The fraction of sp³-hybridized carbons (Fsp3) is 0.0556. The number of H-pyrrole nitrogens is 1. The molecule has 2 aromatic carbocycles. The smallest absolute Gasteiger partial charge is 0.0731 e. The summed E-state index contributed by atoms with van der Waals surface area (Å²) in [5.41, 5.74) is 5.63. The molecule has 2 heteroatoms. The van der Waals surface area contributed by atoms with Crippen molar-refractivity contribution in [2.24, 2.45) is 0 Å². The zero-order valence-corrected chi connectivity index (χ0v) is 11.2. The van der Waals surface area contributed by atoms with Crippen molar-refractivity contribution in [1.29, 1.82) is 0 Å². The van der Waals surface area contributed by atoms with Crippen LogP contribution in [0.25, 0.3) is 33.1 Å². The molecular weight excluding hydrogens is 244 g/mol. The number of nitrogens with zero attached hydrogens (tertiary/aromatic N) is 1. The molecule has 2 nitrogen and oxygen atoms in total. The molecule has 0 unspecified atom stereocenters. The Bertz CT molecular complexity index is 919. The largest absolute Gasteiger partial charge is 0.360 e. The summed E-state index contributed by atoms with van der Waals surface area (Å²) < 4.78 is 0. The summed E-state index contributed by atoms with van der Waals surface area (Å²) >= 11 is 0. The third kappa shape index (κ3) is 1.69. The fourth-order valence-electron chi connectivity index (χ4n) is 2.67. The fourth-order valence-corrected chi connectivity index (χ4v) is 2.67. The number of rotatable bonds is 1. The van der Waals surface area contributed by atoms with Crippen LogP contribution in [0.3, 0.4) is 0 Å². The maximum Gasteiger partial charge on any atom is 0.0731 e. The van der Waals surface area contributed by atoms with E-state index in [2.05, 4.69) is 54.4 Å². The van der Waals surface area contributed by atoms with E-state index < -0.39 is 0 Å². The summed E-state index contributed by atoms with van der Waals surface area (Å²) in [5, 5.41) is 2.39. The Morgan fingerprint density at radius 1 is 0.950 bits per heavy atom. The van der Waals surface area contributed by atoms with E-state index in [0.29, 0.717) is 0 Å². The number of para-hydroxylation sites is 1. The second-order valence-electron chi connectivity index (χ2n) is 5.14. The minimum absolute atomic E-state index is 1.01. The first kappa shape index (κ1) is 11.2. The number of pyridine rings is 1. The summed E-state index contributed by atoms with van der Waals surface area (Å²) in [6.07, 6.45) is 2.04. The SMILES string of the molecule is Cc1ccc2c(-c3ccc4ccccc4n3)c[nH]c2c1. The van der Waals surface area contributed by atoms with Gasteiger partial charge in [0.25, 0.3) is 0 Å². The van der Waals surface area contributed by atoms with Crippen LogP contribution < -0.4 is 0 Å². The van der Waals surface area contributed by atoms with E-state index in [1.165, 1.54) is 16.3 Å². The van der Waals surface area contributed by atoms with E-state index in [9.17, 15) is 0 Å². The number of hydrogen-bond acceptors (Lipinski definition) is 1. The summed E-state index contributed by atoms with van der Waals surface area (Å²) in [5.74, 6) is 0. The Kier molecular flexibility index (Phi) is 2.36. The zero-order chi connectivity index (χ0) is 13.5. The Morgan fingerprint density at radius 2 is 1.85 bits per heavy atom. The quantitative estimate of drug-likeness (QED) is 0.527. The van der Waals surface area contributed by atoms with Crippen LogP contribution >= 0.6 is 0 Å². The number of aromatic nitrogens is 2. The summed E-state index contributed by atoms with van der Waals surface area (Å²) in [7, 11) is 0. The van der Waals surface area contributed by atoms with Crippen molar-refractivity contribution in [3.63, 3.8) is 0 Å². The highest BCUT2D eigenvalue weighted by Crippen LogP contribution is 2.29. The molecule has 0 aliphatic rings. The molecule has 2 aromatic heterocycles. The molecule has 0 aliphatic carbocycles. The number of aryl methyl sites for hydroxylation is 1. The Morgan fingerprint density at radius 3 is 2.80 bits per heavy atom. The van der Waals surface area contributed by atoms with Crippen LogP contribution in [-0.2, 0) is 0 Å². The molecule has 0 saturated carbocycles. The van der Waals surface area contributed by atoms with Crippen molar-refractivity contribution in [2.75, 3.05) is 0 Å². The second kappa shape index (κ2) is 4.20. The molecule has 4 aromatic rings. The summed E-state index contributed by atoms with van der Waals surface area (Å²) in [6.45, 7) is 2.11. The molecule has 0 aliphatic heterocycles. The third-order valence-corrected chi connectivity index (χ3v) is 3.71. The molecule has 20 heavy (non-hydrogen) atoms. The van der Waals surface area contributed by atoms with Gasteiger partial charge in [-0.1, -0.05) is 36.4 Å². The van der Waals surface area contributed by atoms with Crippen molar-refractivity contribution in [3.05, 3.63) is 66.4 Å². The zero-order valence-electron chi connectivity index (χ0n) is 11.2. The standard InChI is InChI=1S/C18H14N2/c1-12-6-8-14-15(11-19-18(14)10-12)17-9-7-13-4-2-3-5-16(13)20-17/h2-11,19H,1H3. The number of aromatic amines is 1. The van der Waals surface area contributed by atoms with E-state index in [1.54, 1.807) is 0 Å². The topological polar surface area (TPSA) is 28.7 Å². The summed E-state index contributed by atoms with van der Waals surface area (Å²) in [6, 6.07) is 18.9. The van der Waals surface area contributed by atoms with Gasteiger partial charge in [-0.25, -0.2) is 4.98 Å². The van der Waals surface area contributed by atoms with Crippen LogP contribution in [0.4, 0.5) is 0 Å². The molecule has 0 amide bonds. The molecule has 0 saturated heterocycles. The van der Waals surface area contributed by atoms with Gasteiger partial charge in [0.05, 0.1) is 11.2 Å². The van der Waals surface area contributed by atoms with Gasteiger partial charge in [-0.2, -0.15) is 0 Å². The van der Waals surface area contributed by atoms with Crippen molar-refractivity contribution < 1.29 is 0 Å². The highest BCUT2D eigenvalue weighted by molar-refractivity contribution is 5.96. The van der Waals surface area contributed by atoms with E-state index in [1.807, 2.05) is 18.3 Å². The lowest BCUT2D eigenvalue weighted by molar-refractivity contribution is 1.39. The van der Waals surface area contributed by atoms with Gasteiger partial charge in [-0.05, 0) is 30.7 Å². The minimum Gasteiger partial charge on any atom is -0.360 e. The molecule has 0 bridgehead atoms. The van der Waals surface area contributed by atoms with Gasteiger partial charge in [0.15, 0.2) is 0 Å². The number of fused-ring (bicyclic) bond motifs is 2. The predicted molar refractivity (Wildman–Crippen MR) is 83.8 cm³/mol. The van der Waals surface area contributed by atoms with Gasteiger partial charge in [0.1, 0.15) is 0 Å².